The summed E-state index contributed by atoms with van der Waals surface area (Å²) in [5.41, 5.74) is 0.700. The predicted molar refractivity (Wildman–Crippen MR) is 91.0 cm³/mol. The molecule has 1 aliphatic rings. The SMILES string of the molecule is COCCNC(=O)N[C@H]1CCC[C@@H](OC(=O)Nc2ccccc2)C1. The van der Waals surface area contributed by atoms with Gasteiger partial charge in [0, 0.05) is 31.8 Å². The van der Waals surface area contributed by atoms with E-state index in [1.807, 2.05) is 18.2 Å². The number of hydrogen-bond donors (Lipinski definition) is 3. The van der Waals surface area contributed by atoms with Crippen LogP contribution < -0.4 is 16.0 Å². The number of ether oxygens (including phenoxy) is 2. The number of methoxy groups -OCH3 is 1. The fraction of sp³-hybridized carbons (Fsp3) is 0.529. The lowest BCUT2D eigenvalue weighted by atomic mass is 9.93. The molecule has 7 nitrogen and oxygen atoms in total. The van der Waals surface area contributed by atoms with Crippen molar-refractivity contribution in [2.24, 2.45) is 0 Å². The number of carbonyl (C=O) groups excluding carboxylic acids is 2. The van der Waals surface area contributed by atoms with Crippen molar-refractivity contribution in [1.82, 2.24) is 10.6 Å². The Morgan fingerprint density at radius 2 is 2.00 bits per heavy atom. The Kier molecular flexibility index (Phi) is 7.35. The molecular weight excluding hydrogens is 310 g/mol. The minimum atomic E-state index is -0.462. The third-order valence-electron chi connectivity index (χ3n) is 3.85. The minimum Gasteiger partial charge on any atom is -0.446 e. The zero-order chi connectivity index (χ0) is 17.2. The van der Waals surface area contributed by atoms with E-state index in [1.165, 1.54) is 0 Å². The van der Waals surface area contributed by atoms with Gasteiger partial charge in [-0.3, -0.25) is 5.32 Å². The Labute approximate surface area is 142 Å². The maximum absolute atomic E-state index is 11.9. The minimum absolute atomic E-state index is 0.0100. The average Bonchev–Trinajstić information content (AvgIpc) is 2.56. The van der Waals surface area contributed by atoms with Gasteiger partial charge in [0.1, 0.15) is 6.10 Å². The van der Waals surface area contributed by atoms with Gasteiger partial charge in [0.05, 0.1) is 6.61 Å². The first-order chi connectivity index (χ1) is 11.7. The summed E-state index contributed by atoms with van der Waals surface area (Å²) < 4.78 is 10.3. The van der Waals surface area contributed by atoms with Crippen molar-refractivity contribution in [1.29, 1.82) is 0 Å². The number of amides is 3. The van der Waals surface area contributed by atoms with Crippen LogP contribution in [0.4, 0.5) is 15.3 Å². The van der Waals surface area contributed by atoms with Crippen LogP contribution in [0.3, 0.4) is 0 Å². The standard InChI is InChI=1S/C17H25N3O4/c1-23-11-10-18-16(21)19-14-8-5-9-15(12-14)24-17(22)20-13-6-3-2-4-7-13/h2-4,6-7,14-15H,5,8-12H2,1H3,(H,20,22)(H2,18,19,21)/t14-,15+/m0/s1. The molecule has 7 heteroatoms. The summed E-state index contributed by atoms with van der Waals surface area (Å²) in [7, 11) is 1.59. The van der Waals surface area contributed by atoms with Gasteiger partial charge < -0.3 is 20.1 Å². The maximum Gasteiger partial charge on any atom is 0.411 e. The van der Waals surface area contributed by atoms with Crippen LogP contribution >= 0.6 is 0 Å². The number of urea groups is 1. The first kappa shape index (κ1) is 18.1. The van der Waals surface area contributed by atoms with Gasteiger partial charge in [-0.05, 0) is 31.4 Å². The molecule has 2 rings (SSSR count). The lowest BCUT2D eigenvalue weighted by Gasteiger charge is -2.29. The van der Waals surface area contributed by atoms with Gasteiger partial charge in [-0.1, -0.05) is 18.2 Å². The van der Waals surface area contributed by atoms with E-state index in [0.29, 0.717) is 25.3 Å². The average molecular weight is 335 g/mol. The van der Waals surface area contributed by atoms with Crippen LogP contribution in [-0.2, 0) is 9.47 Å². The third-order valence-corrected chi connectivity index (χ3v) is 3.85. The fourth-order valence-corrected chi connectivity index (χ4v) is 2.71. The van der Waals surface area contributed by atoms with E-state index in [0.717, 1.165) is 19.3 Å². The highest BCUT2D eigenvalue weighted by molar-refractivity contribution is 5.84. The van der Waals surface area contributed by atoms with Crippen molar-refractivity contribution in [3.8, 4) is 0 Å². The number of para-hydroxylation sites is 1. The molecule has 0 aliphatic heterocycles. The van der Waals surface area contributed by atoms with Gasteiger partial charge in [-0.15, -0.1) is 0 Å². The summed E-state index contributed by atoms with van der Waals surface area (Å²) in [5.74, 6) is 0. The third kappa shape index (κ3) is 6.45. The fourth-order valence-electron chi connectivity index (χ4n) is 2.71. The first-order valence-electron chi connectivity index (χ1n) is 8.23. The zero-order valence-corrected chi connectivity index (χ0v) is 13.9. The second kappa shape index (κ2) is 9.77. The number of nitrogens with one attached hydrogen (secondary N) is 3. The van der Waals surface area contributed by atoms with E-state index in [1.54, 1.807) is 19.2 Å². The molecule has 0 aromatic heterocycles. The lowest BCUT2D eigenvalue weighted by Crippen LogP contribution is -2.46. The molecule has 0 saturated heterocycles. The van der Waals surface area contributed by atoms with Crippen molar-refractivity contribution in [3.63, 3.8) is 0 Å². The number of benzene rings is 1. The molecule has 132 valence electrons. The van der Waals surface area contributed by atoms with Crippen molar-refractivity contribution >= 4 is 17.8 Å². The molecule has 1 fully saturated rings. The van der Waals surface area contributed by atoms with Gasteiger partial charge >= 0.3 is 12.1 Å². The number of rotatable bonds is 6. The van der Waals surface area contributed by atoms with Crippen LogP contribution in [-0.4, -0.2) is 44.5 Å². The van der Waals surface area contributed by atoms with E-state index < -0.39 is 6.09 Å². The molecular formula is C17H25N3O4. The van der Waals surface area contributed by atoms with E-state index in [2.05, 4.69) is 16.0 Å². The quantitative estimate of drug-likeness (QED) is 0.697. The van der Waals surface area contributed by atoms with E-state index in [9.17, 15) is 9.59 Å². The Balaban J connectivity index is 1.72. The zero-order valence-electron chi connectivity index (χ0n) is 13.9. The van der Waals surface area contributed by atoms with Crippen molar-refractivity contribution in [2.45, 2.75) is 37.8 Å². The second-order valence-corrected chi connectivity index (χ2v) is 5.77. The molecule has 0 heterocycles. The highest BCUT2D eigenvalue weighted by atomic mass is 16.6. The summed E-state index contributed by atoms with van der Waals surface area (Å²) in [6.07, 6.45) is 2.58. The normalized spacial score (nSPS) is 20.0. The monoisotopic (exact) mass is 335 g/mol. The Hall–Kier alpha value is -2.28. The maximum atomic E-state index is 11.9. The van der Waals surface area contributed by atoms with Crippen LogP contribution in [0.25, 0.3) is 0 Å². The molecule has 3 amide bonds. The molecule has 2 atom stereocenters. The Bertz CT molecular complexity index is 524. The smallest absolute Gasteiger partial charge is 0.411 e. The molecule has 0 spiro atoms. The molecule has 0 radical (unpaired) electrons. The molecule has 0 unspecified atom stereocenters. The molecule has 0 bridgehead atoms. The van der Waals surface area contributed by atoms with Gasteiger partial charge in [-0.2, -0.15) is 0 Å². The number of hydrogen-bond acceptors (Lipinski definition) is 4. The lowest BCUT2D eigenvalue weighted by molar-refractivity contribution is 0.0775. The van der Waals surface area contributed by atoms with Crippen LogP contribution in [0.5, 0.6) is 0 Å². The van der Waals surface area contributed by atoms with Crippen molar-refractivity contribution in [2.75, 3.05) is 25.6 Å². The van der Waals surface area contributed by atoms with E-state index in [-0.39, 0.29) is 18.2 Å². The number of carbonyl (C=O) groups is 2. The predicted octanol–water partition coefficient (Wildman–Crippen LogP) is 2.49. The van der Waals surface area contributed by atoms with Gasteiger partial charge in [0.15, 0.2) is 0 Å². The topological polar surface area (TPSA) is 88.7 Å². The Morgan fingerprint density at radius 1 is 1.21 bits per heavy atom. The summed E-state index contributed by atoms with van der Waals surface area (Å²) in [6, 6.07) is 8.97. The summed E-state index contributed by atoms with van der Waals surface area (Å²) in [4.78, 5) is 23.7. The van der Waals surface area contributed by atoms with Crippen LogP contribution in [0.1, 0.15) is 25.7 Å². The molecule has 24 heavy (non-hydrogen) atoms. The molecule has 1 saturated carbocycles. The molecule has 1 aliphatic carbocycles. The largest absolute Gasteiger partial charge is 0.446 e. The molecule has 1 aromatic rings. The molecule has 1 aromatic carbocycles. The highest BCUT2D eigenvalue weighted by Gasteiger charge is 2.26. The Morgan fingerprint density at radius 3 is 2.75 bits per heavy atom. The van der Waals surface area contributed by atoms with Crippen LogP contribution in [0, 0.1) is 0 Å². The van der Waals surface area contributed by atoms with E-state index >= 15 is 0 Å². The van der Waals surface area contributed by atoms with Crippen LogP contribution in [0.15, 0.2) is 30.3 Å². The van der Waals surface area contributed by atoms with Crippen molar-refractivity contribution in [3.05, 3.63) is 30.3 Å². The summed E-state index contributed by atoms with van der Waals surface area (Å²) in [6.45, 7) is 0.942. The summed E-state index contributed by atoms with van der Waals surface area (Å²) in [5, 5.41) is 8.34. The van der Waals surface area contributed by atoms with Gasteiger partial charge in [-0.25, -0.2) is 9.59 Å². The second-order valence-electron chi connectivity index (χ2n) is 5.77. The number of anilines is 1. The summed E-state index contributed by atoms with van der Waals surface area (Å²) >= 11 is 0. The highest BCUT2D eigenvalue weighted by Crippen LogP contribution is 2.21. The van der Waals surface area contributed by atoms with Crippen LogP contribution in [0.2, 0.25) is 0 Å². The first-order valence-corrected chi connectivity index (χ1v) is 8.23. The molecule has 3 N–H and O–H groups in total. The van der Waals surface area contributed by atoms with E-state index in [4.69, 9.17) is 9.47 Å². The van der Waals surface area contributed by atoms with Gasteiger partial charge in [0.2, 0.25) is 0 Å². The van der Waals surface area contributed by atoms with Crippen molar-refractivity contribution < 1.29 is 19.1 Å². The van der Waals surface area contributed by atoms with Gasteiger partial charge in [0.25, 0.3) is 0 Å².